The van der Waals surface area contributed by atoms with Gasteiger partial charge in [-0.15, -0.1) is 0 Å². The summed E-state index contributed by atoms with van der Waals surface area (Å²) < 4.78 is 0. The minimum absolute atomic E-state index is 0.808. The molecule has 2 rings (SSSR count). The summed E-state index contributed by atoms with van der Waals surface area (Å²) in [6.07, 6.45) is 3.39. The number of anilines is 1. The van der Waals surface area contributed by atoms with Crippen LogP contribution < -0.4 is 5.32 Å². The standard InChI is InChI=1S/C12H13N3/c1-9-4-3-5-10(8-9)11-12(13-2)15-7-6-14-11/h3-8H,1-2H3,(H,13,15). The lowest BCUT2D eigenvalue weighted by Gasteiger charge is -2.06. The second-order valence-electron chi connectivity index (χ2n) is 3.37. The van der Waals surface area contributed by atoms with Gasteiger partial charge in [0.1, 0.15) is 5.69 Å². The van der Waals surface area contributed by atoms with Crippen molar-refractivity contribution in [3.63, 3.8) is 0 Å². The van der Waals surface area contributed by atoms with Crippen molar-refractivity contribution in [2.75, 3.05) is 12.4 Å². The molecule has 0 aliphatic heterocycles. The molecule has 1 aromatic heterocycles. The van der Waals surface area contributed by atoms with Crippen molar-refractivity contribution < 1.29 is 0 Å². The van der Waals surface area contributed by atoms with Crippen molar-refractivity contribution in [1.29, 1.82) is 0 Å². The summed E-state index contributed by atoms with van der Waals surface area (Å²) >= 11 is 0. The Bertz CT molecular complexity index is 466. The molecule has 0 saturated carbocycles. The number of rotatable bonds is 2. The van der Waals surface area contributed by atoms with Crippen LogP contribution in [0.5, 0.6) is 0 Å². The van der Waals surface area contributed by atoms with Gasteiger partial charge in [0.05, 0.1) is 0 Å². The second kappa shape index (κ2) is 4.09. The summed E-state index contributed by atoms with van der Waals surface area (Å²) in [6, 6.07) is 8.24. The van der Waals surface area contributed by atoms with Gasteiger partial charge >= 0.3 is 0 Å². The lowest BCUT2D eigenvalue weighted by atomic mass is 10.1. The van der Waals surface area contributed by atoms with Crippen LogP contribution in [-0.2, 0) is 0 Å². The third-order valence-electron chi connectivity index (χ3n) is 2.23. The van der Waals surface area contributed by atoms with Crippen molar-refractivity contribution in [1.82, 2.24) is 9.97 Å². The molecule has 0 amide bonds. The minimum Gasteiger partial charge on any atom is -0.371 e. The molecule has 0 radical (unpaired) electrons. The van der Waals surface area contributed by atoms with E-state index in [-0.39, 0.29) is 0 Å². The Morgan fingerprint density at radius 2 is 1.93 bits per heavy atom. The molecule has 1 N–H and O–H groups in total. The predicted molar refractivity (Wildman–Crippen MR) is 61.8 cm³/mol. The fraction of sp³-hybridized carbons (Fsp3) is 0.167. The highest BCUT2D eigenvalue weighted by molar-refractivity contribution is 5.71. The van der Waals surface area contributed by atoms with Crippen LogP contribution in [0.3, 0.4) is 0 Å². The van der Waals surface area contributed by atoms with Gasteiger partial charge in [-0.3, -0.25) is 4.98 Å². The molecule has 3 heteroatoms. The summed E-state index contributed by atoms with van der Waals surface area (Å²) in [5.74, 6) is 0.808. The Labute approximate surface area is 89.2 Å². The minimum atomic E-state index is 0.808. The Balaban J connectivity index is 2.53. The quantitative estimate of drug-likeness (QED) is 0.807. The molecule has 76 valence electrons. The zero-order chi connectivity index (χ0) is 10.7. The van der Waals surface area contributed by atoms with E-state index in [0.29, 0.717) is 0 Å². The van der Waals surface area contributed by atoms with Gasteiger partial charge in [0, 0.05) is 25.0 Å². The number of nitrogens with zero attached hydrogens (tertiary/aromatic N) is 2. The van der Waals surface area contributed by atoms with Crippen LogP contribution in [0.15, 0.2) is 36.7 Å². The summed E-state index contributed by atoms with van der Waals surface area (Å²) in [4.78, 5) is 8.57. The molecule has 2 aromatic rings. The first-order valence-electron chi connectivity index (χ1n) is 4.87. The van der Waals surface area contributed by atoms with Crippen LogP contribution in [0.1, 0.15) is 5.56 Å². The lowest BCUT2D eigenvalue weighted by Crippen LogP contribution is -1.97. The molecule has 0 saturated heterocycles. The molecule has 0 aliphatic carbocycles. The maximum atomic E-state index is 4.34. The van der Waals surface area contributed by atoms with Gasteiger partial charge in [0.2, 0.25) is 0 Å². The van der Waals surface area contributed by atoms with Crippen LogP contribution in [0.4, 0.5) is 5.82 Å². The fourth-order valence-electron chi connectivity index (χ4n) is 1.52. The van der Waals surface area contributed by atoms with E-state index in [0.717, 1.165) is 17.1 Å². The van der Waals surface area contributed by atoms with Gasteiger partial charge in [0.25, 0.3) is 0 Å². The number of aromatic nitrogens is 2. The maximum absolute atomic E-state index is 4.34. The predicted octanol–water partition coefficient (Wildman–Crippen LogP) is 2.49. The van der Waals surface area contributed by atoms with Crippen molar-refractivity contribution in [3.05, 3.63) is 42.2 Å². The highest BCUT2D eigenvalue weighted by Crippen LogP contribution is 2.23. The highest BCUT2D eigenvalue weighted by Gasteiger charge is 2.05. The number of aryl methyl sites for hydroxylation is 1. The van der Waals surface area contributed by atoms with Gasteiger partial charge < -0.3 is 5.32 Å². The van der Waals surface area contributed by atoms with E-state index in [4.69, 9.17) is 0 Å². The molecule has 0 spiro atoms. The van der Waals surface area contributed by atoms with Crippen molar-refractivity contribution >= 4 is 5.82 Å². The van der Waals surface area contributed by atoms with E-state index in [1.54, 1.807) is 12.4 Å². The average molecular weight is 199 g/mol. The highest BCUT2D eigenvalue weighted by atomic mass is 15.0. The molecule has 15 heavy (non-hydrogen) atoms. The van der Waals surface area contributed by atoms with Crippen molar-refractivity contribution in [2.45, 2.75) is 6.92 Å². The number of hydrogen-bond acceptors (Lipinski definition) is 3. The topological polar surface area (TPSA) is 37.8 Å². The van der Waals surface area contributed by atoms with Crippen molar-refractivity contribution in [2.24, 2.45) is 0 Å². The molecule has 0 atom stereocenters. The zero-order valence-electron chi connectivity index (χ0n) is 8.86. The number of nitrogens with one attached hydrogen (secondary N) is 1. The summed E-state index contributed by atoms with van der Waals surface area (Å²) in [7, 11) is 1.85. The van der Waals surface area contributed by atoms with Crippen molar-refractivity contribution in [3.8, 4) is 11.3 Å². The SMILES string of the molecule is CNc1nccnc1-c1cccc(C)c1. The van der Waals surface area contributed by atoms with Gasteiger partial charge in [-0.1, -0.05) is 23.8 Å². The van der Waals surface area contributed by atoms with Gasteiger partial charge in [-0.25, -0.2) is 4.98 Å². The number of hydrogen-bond donors (Lipinski definition) is 1. The van der Waals surface area contributed by atoms with Crippen LogP contribution in [0.25, 0.3) is 11.3 Å². The molecular weight excluding hydrogens is 186 g/mol. The van der Waals surface area contributed by atoms with Crippen LogP contribution >= 0.6 is 0 Å². The van der Waals surface area contributed by atoms with E-state index in [1.807, 2.05) is 19.2 Å². The maximum Gasteiger partial charge on any atom is 0.152 e. The first-order chi connectivity index (χ1) is 7.31. The first-order valence-corrected chi connectivity index (χ1v) is 4.87. The van der Waals surface area contributed by atoms with E-state index in [9.17, 15) is 0 Å². The molecule has 0 bridgehead atoms. The smallest absolute Gasteiger partial charge is 0.152 e. The average Bonchev–Trinajstić information content (AvgIpc) is 2.29. The normalized spacial score (nSPS) is 10.0. The van der Waals surface area contributed by atoms with E-state index >= 15 is 0 Å². The summed E-state index contributed by atoms with van der Waals surface area (Å²) in [5.41, 5.74) is 3.20. The molecule has 0 unspecified atom stereocenters. The number of benzene rings is 1. The first kappa shape index (κ1) is 9.65. The van der Waals surface area contributed by atoms with E-state index in [1.165, 1.54) is 5.56 Å². The third kappa shape index (κ3) is 1.96. The van der Waals surface area contributed by atoms with Crippen LogP contribution in [0, 0.1) is 6.92 Å². The fourth-order valence-corrected chi connectivity index (χ4v) is 1.52. The second-order valence-corrected chi connectivity index (χ2v) is 3.37. The molecule has 0 fully saturated rings. The van der Waals surface area contributed by atoms with Crippen LogP contribution in [0.2, 0.25) is 0 Å². The van der Waals surface area contributed by atoms with Gasteiger partial charge in [-0.05, 0) is 13.0 Å². The molecule has 1 aromatic carbocycles. The molecule has 1 heterocycles. The Kier molecular flexibility index (Phi) is 2.63. The van der Waals surface area contributed by atoms with Gasteiger partial charge in [-0.2, -0.15) is 0 Å². The zero-order valence-corrected chi connectivity index (χ0v) is 8.86. The summed E-state index contributed by atoms with van der Waals surface area (Å²) in [5, 5.41) is 3.04. The molecule has 3 nitrogen and oxygen atoms in total. The monoisotopic (exact) mass is 199 g/mol. The molecule has 0 aliphatic rings. The largest absolute Gasteiger partial charge is 0.371 e. The van der Waals surface area contributed by atoms with E-state index < -0.39 is 0 Å². The van der Waals surface area contributed by atoms with Crippen LogP contribution in [-0.4, -0.2) is 17.0 Å². The van der Waals surface area contributed by atoms with Gasteiger partial charge in [0.15, 0.2) is 5.82 Å². The Morgan fingerprint density at radius 3 is 2.67 bits per heavy atom. The Hall–Kier alpha value is -1.90. The Morgan fingerprint density at radius 1 is 1.13 bits per heavy atom. The third-order valence-corrected chi connectivity index (χ3v) is 2.23. The van der Waals surface area contributed by atoms with E-state index in [2.05, 4.69) is 34.3 Å². The summed E-state index contributed by atoms with van der Waals surface area (Å²) in [6.45, 7) is 2.07. The molecular formula is C12H13N3. The lowest BCUT2D eigenvalue weighted by molar-refractivity contribution is 1.19.